The van der Waals surface area contributed by atoms with Crippen LogP contribution in [-0.4, -0.2) is 19.7 Å². The highest BCUT2D eigenvalue weighted by atomic mass is 16.1. The molecule has 0 fully saturated rings. The van der Waals surface area contributed by atoms with Gasteiger partial charge in [0.15, 0.2) is 5.43 Å². The quantitative estimate of drug-likeness (QED) is 0.619. The molecule has 0 bridgehead atoms. The number of nitrogens with one attached hydrogen (secondary N) is 1. The molecule has 0 spiro atoms. The molecule has 0 aliphatic carbocycles. The first-order valence-electron chi connectivity index (χ1n) is 7.32. The molecule has 0 aliphatic heterocycles. The molecule has 0 aliphatic rings. The summed E-state index contributed by atoms with van der Waals surface area (Å²) in [7, 11) is 0. The molecule has 3 heterocycles. The predicted octanol–water partition coefficient (Wildman–Crippen LogP) is 3.08. The topological polar surface area (TPSA) is 63.6 Å². The summed E-state index contributed by atoms with van der Waals surface area (Å²) in [6.07, 6.45) is 3.44. The molecule has 0 unspecified atom stereocenters. The molecule has 0 saturated carbocycles. The normalized spacial score (nSPS) is 11.0. The zero-order valence-electron chi connectivity index (χ0n) is 12.5. The second-order valence-corrected chi connectivity index (χ2v) is 5.35. The van der Waals surface area contributed by atoms with Crippen LogP contribution in [0.15, 0.2) is 65.7 Å². The Bertz CT molecular complexity index is 1030. The number of hydrogen-bond acceptors (Lipinski definition) is 3. The Labute approximate surface area is 132 Å². The Kier molecular flexibility index (Phi) is 3.05. The van der Waals surface area contributed by atoms with Crippen LogP contribution in [0.2, 0.25) is 0 Å². The van der Waals surface area contributed by atoms with Gasteiger partial charge in [-0.3, -0.25) is 9.78 Å². The van der Waals surface area contributed by atoms with Crippen molar-refractivity contribution in [2.45, 2.75) is 6.92 Å². The van der Waals surface area contributed by atoms with Gasteiger partial charge >= 0.3 is 0 Å². The van der Waals surface area contributed by atoms with Crippen molar-refractivity contribution in [2.75, 3.05) is 0 Å². The first-order valence-corrected chi connectivity index (χ1v) is 7.32. The van der Waals surface area contributed by atoms with Crippen molar-refractivity contribution in [2.24, 2.45) is 0 Å². The summed E-state index contributed by atoms with van der Waals surface area (Å²) in [5.74, 6) is 0. The van der Waals surface area contributed by atoms with Gasteiger partial charge in [-0.05, 0) is 31.2 Å². The highest BCUT2D eigenvalue weighted by Gasteiger charge is 2.14. The number of para-hydroxylation sites is 1. The van der Waals surface area contributed by atoms with Crippen LogP contribution in [0, 0.1) is 6.92 Å². The number of aryl methyl sites for hydroxylation is 1. The van der Waals surface area contributed by atoms with Crippen molar-refractivity contribution >= 4 is 11.0 Å². The van der Waals surface area contributed by atoms with Crippen LogP contribution in [0.5, 0.6) is 0 Å². The average molecular weight is 302 g/mol. The minimum absolute atomic E-state index is 0.0442. The summed E-state index contributed by atoms with van der Waals surface area (Å²) in [5.41, 5.74) is 3.86. The molecular weight excluding hydrogens is 288 g/mol. The largest absolute Gasteiger partial charge is 0.339 e. The van der Waals surface area contributed by atoms with Crippen LogP contribution >= 0.6 is 0 Å². The summed E-state index contributed by atoms with van der Waals surface area (Å²) in [5, 5.41) is 5.14. The molecule has 0 amide bonds. The molecule has 0 saturated heterocycles. The first-order chi connectivity index (χ1) is 11.2. The number of nitrogens with zero attached hydrogens (tertiary/aromatic N) is 3. The fraction of sp³-hybridized carbons (Fsp3) is 0.0556. The number of pyridine rings is 2. The summed E-state index contributed by atoms with van der Waals surface area (Å²) < 4.78 is 1.77. The Morgan fingerprint density at radius 3 is 2.65 bits per heavy atom. The van der Waals surface area contributed by atoms with E-state index in [1.807, 2.05) is 49.4 Å². The van der Waals surface area contributed by atoms with Crippen LogP contribution in [0.4, 0.5) is 0 Å². The standard InChI is InChI=1S/C18H14N4O/c1-12-17-16(23)10-15(13-6-5-9-19-11-13)20-18(17)22(21-12)14-7-3-2-4-8-14/h2-11H,1H3,(H,20,23). The zero-order chi connectivity index (χ0) is 15.8. The SMILES string of the molecule is Cc1nn(-c2ccccc2)c2[nH]c(-c3cccnc3)cc(=O)c12. The number of fused-ring (bicyclic) bond motifs is 1. The molecule has 3 aromatic heterocycles. The Morgan fingerprint density at radius 2 is 1.91 bits per heavy atom. The van der Waals surface area contributed by atoms with Crippen LogP contribution in [0.3, 0.4) is 0 Å². The van der Waals surface area contributed by atoms with Crippen LogP contribution in [-0.2, 0) is 0 Å². The molecule has 4 rings (SSSR count). The summed E-state index contributed by atoms with van der Waals surface area (Å²) in [6, 6.07) is 15.1. The fourth-order valence-corrected chi connectivity index (χ4v) is 2.74. The molecule has 23 heavy (non-hydrogen) atoms. The van der Waals surface area contributed by atoms with Crippen molar-refractivity contribution in [1.29, 1.82) is 0 Å². The maximum atomic E-state index is 12.5. The van der Waals surface area contributed by atoms with E-state index in [-0.39, 0.29) is 5.43 Å². The van der Waals surface area contributed by atoms with E-state index in [4.69, 9.17) is 0 Å². The van der Waals surface area contributed by atoms with E-state index in [9.17, 15) is 4.79 Å². The zero-order valence-corrected chi connectivity index (χ0v) is 12.5. The van der Waals surface area contributed by atoms with Gasteiger partial charge in [0.05, 0.1) is 22.5 Å². The lowest BCUT2D eigenvalue weighted by Gasteiger charge is -2.05. The second-order valence-electron chi connectivity index (χ2n) is 5.35. The third-order valence-electron chi connectivity index (χ3n) is 3.81. The smallest absolute Gasteiger partial charge is 0.193 e. The molecule has 5 heteroatoms. The number of H-pyrrole nitrogens is 1. The van der Waals surface area contributed by atoms with E-state index in [2.05, 4.69) is 15.1 Å². The van der Waals surface area contributed by atoms with Crippen molar-refractivity contribution in [3.05, 3.63) is 76.8 Å². The molecule has 0 atom stereocenters. The number of aromatic amines is 1. The lowest BCUT2D eigenvalue weighted by molar-refractivity contribution is 0.878. The van der Waals surface area contributed by atoms with E-state index < -0.39 is 0 Å². The first kappa shape index (κ1) is 13.5. The summed E-state index contributed by atoms with van der Waals surface area (Å²) >= 11 is 0. The monoisotopic (exact) mass is 302 g/mol. The Morgan fingerprint density at radius 1 is 1.09 bits per heavy atom. The van der Waals surface area contributed by atoms with Crippen molar-refractivity contribution in [3.8, 4) is 16.9 Å². The second kappa shape index (κ2) is 5.21. The van der Waals surface area contributed by atoms with Gasteiger partial charge in [-0.1, -0.05) is 18.2 Å². The molecule has 1 N–H and O–H groups in total. The van der Waals surface area contributed by atoms with E-state index in [1.54, 1.807) is 23.1 Å². The lowest BCUT2D eigenvalue weighted by atomic mass is 10.1. The van der Waals surface area contributed by atoms with Gasteiger partial charge in [-0.25, -0.2) is 4.68 Å². The van der Waals surface area contributed by atoms with Gasteiger partial charge in [-0.2, -0.15) is 5.10 Å². The maximum absolute atomic E-state index is 12.5. The number of benzene rings is 1. The summed E-state index contributed by atoms with van der Waals surface area (Å²) in [4.78, 5) is 20.0. The molecule has 112 valence electrons. The van der Waals surface area contributed by atoms with Crippen molar-refractivity contribution < 1.29 is 0 Å². The highest BCUT2D eigenvalue weighted by molar-refractivity contribution is 5.82. The predicted molar refractivity (Wildman–Crippen MR) is 89.7 cm³/mol. The highest BCUT2D eigenvalue weighted by Crippen LogP contribution is 2.21. The van der Waals surface area contributed by atoms with Gasteiger partial charge in [0, 0.05) is 24.0 Å². The number of aromatic nitrogens is 4. The van der Waals surface area contributed by atoms with Gasteiger partial charge < -0.3 is 4.98 Å². The molecule has 4 aromatic rings. The molecule has 5 nitrogen and oxygen atoms in total. The Hall–Kier alpha value is -3.21. The average Bonchev–Trinajstić information content (AvgIpc) is 2.94. The number of hydrogen-bond donors (Lipinski definition) is 1. The van der Waals surface area contributed by atoms with Crippen LogP contribution < -0.4 is 5.43 Å². The van der Waals surface area contributed by atoms with Gasteiger partial charge in [0.2, 0.25) is 0 Å². The van der Waals surface area contributed by atoms with Crippen LogP contribution in [0.1, 0.15) is 5.69 Å². The summed E-state index contributed by atoms with van der Waals surface area (Å²) in [6.45, 7) is 1.85. The van der Waals surface area contributed by atoms with Crippen molar-refractivity contribution in [3.63, 3.8) is 0 Å². The molecular formula is C18H14N4O. The maximum Gasteiger partial charge on any atom is 0.193 e. The van der Waals surface area contributed by atoms with Gasteiger partial charge in [-0.15, -0.1) is 0 Å². The van der Waals surface area contributed by atoms with E-state index in [0.29, 0.717) is 16.7 Å². The lowest BCUT2D eigenvalue weighted by Crippen LogP contribution is -2.05. The minimum Gasteiger partial charge on any atom is -0.339 e. The van der Waals surface area contributed by atoms with Gasteiger partial charge in [0.25, 0.3) is 0 Å². The fourth-order valence-electron chi connectivity index (χ4n) is 2.74. The van der Waals surface area contributed by atoms with E-state index in [0.717, 1.165) is 16.9 Å². The third-order valence-corrected chi connectivity index (χ3v) is 3.81. The van der Waals surface area contributed by atoms with Crippen molar-refractivity contribution in [1.82, 2.24) is 19.7 Å². The van der Waals surface area contributed by atoms with Crippen LogP contribution in [0.25, 0.3) is 28.0 Å². The number of rotatable bonds is 2. The minimum atomic E-state index is -0.0442. The molecule has 0 radical (unpaired) electrons. The third kappa shape index (κ3) is 2.23. The van der Waals surface area contributed by atoms with Gasteiger partial charge in [0.1, 0.15) is 5.65 Å². The van der Waals surface area contributed by atoms with E-state index in [1.165, 1.54) is 0 Å². The van der Waals surface area contributed by atoms with E-state index >= 15 is 0 Å². The Balaban J connectivity index is 2.03. The molecule has 1 aromatic carbocycles.